The molecule has 0 fully saturated rings. The van der Waals surface area contributed by atoms with E-state index in [1.165, 1.54) is 12.1 Å². The number of para-hydroxylation sites is 1. The monoisotopic (exact) mass is 386 g/mol. The molecular weight excluding hydrogens is 372 g/mol. The van der Waals surface area contributed by atoms with E-state index in [-0.39, 0.29) is 16.9 Å². The van der Waals surface area contributed by atoms with Crippen molar-refractivity contribution in [3.8, 4) is 0 Å². The highest BCUT2D eigenvalue weighted by Gasteiger charge is 2.21. The third-order valence-corrected chi connectivity index (χ3v) is 5.86. The molecule has 25 heavy (non-hydrogen) atoms. The van der Waals surface area contributed by atoms with E-state index >= 15 is 0 Å². The molecule has 4 N–H and O–H groups in total. The SMILES string of the molecule is O=C(O)c1cc(NS(=O)(=O)CS(=O)(=O)O)ccc1Nc1ccccc1. The van der Waals surface area contributed by atoms with Crippen molar-refractivity contribution in [2.75, 3.05) is 15.1 Å². The van der Waals surface area contributed by atoms with Gasteiger partial charge in [0, 0.05) is 11.4 Å². The zero-order valence-corrected chi connectivity index (χ0v) is 14.2. The molecular formula is C14H14N2O7S2. The van der Waals surface area contributed by atoms with Crippen molar-refractivity contribution in [1.29, 1.82) is 0 Å². The van der Waals surface area contributed by atoms with Gasteiger partial charge >= 0.3 is 5.97 Å². The fourth-order valence-corrected chi connectivity index (χ4v) is 4.27. The number of carboxylic acid groups (broad SMARTS) is 1. The van der Waals surface area contributed by atoms with E-state index in [2.05, 4.69) is 5.32 Å². The third kappa shape index (κ3) is 5.74. The number of aromatic carboxylic acids is 1. The van der Waals surface area contributed by atoms with E-state index in [0.29, 0.717) is 5.69 Å². The summed E-state index contributed by atoms with van der Waals surface area (Å²) in [6.07, 6.45) is 0. The summed E-state index contributed by atoms with van der Waals surface area (Å²) < 4.78 is 55.3. The Bertz CT molecular complexity index is 987. The van der Waals surface area contributed by atoms with Crippen LogP contribution in [0.5, 0.6) is 0 Å². The molecule has 0 aliphatic heterocycles. The van der Waals surface area contributed by atoms with Gasteiger partial charge in [-0.2, -0.15) is 8.42 Å². The molecule has 0 atom stereocenters. The Morgan fingerprint density at radius 2 is 1.60 bits per heavy atom. The molecule has 2 aromatic rings. The molecule has 0 aromatic heterocycles. The fraction of sp³-hybridized carbons (Fsp3) is 0.0714. The second-order valence-electron chi connectivity index (χ2n) is 4.97. The smallest absolute Gasteiger partial charge is 0.337 e. The van der Waals surface area contributed by atoms with Gasteiger partial charge in [-0.15, -0.1) is 0 Å². The lowest BCUT2D eigenvalue weighted by Gasteiger charge is -2.12. The van der Waals surface area contributed by atoms with Crippen LogP contribution in [0.3, 0.4) is 0 Å². The van der Waals surface area contributed by atoms with E-state index in [1.807, 2.05) is 4.72 Å². The van der Waals surface area contributed by atoms with Crippen LogP contribution in [-0.4, -0.2) is 37.5 Å². The van der Waals surface area contributed by atoms with Crippen molar-refractivity contribution >= 4 is 43.2 Å². The predicted molar refractivity (Wildman–Crippen MR) is 92.1 cm³/mol. The maximum absolute atomic E-state index is 11.7. The Morgan fingerprint density at radius 1 is 0.960 bits per heavy atom. The molecule has 0 aliphatic carbocycles. The van der Waals surface area contributed by atoms with E-state index in [1.54, 1.807) is 30.3 Å². The minimum Gasteiger partial charge on any atom is -0.478 e. The molecule has 0 aliphatic rings. The fourth-order valence-electron chi connectivity index (χ4n) is 1.98. The molecule has 11 heteroatoms. The van der Waals surface area contributed by atoms with Gasteiger partial charge in [0.05, 0.1) is 11.3 Å². The summed E-state index contributed by atoms with van der Waals surface area (Å²) in [5.74, 6) is -1.31. The molecule has 2 rings (SSSR count). The molecule has 0 amide bonds. The molecule has 0 bridgehead atoms. The van der Waals surface area contributed by atoms with Crippen molar-refractivity contribution in [1.82, 2.24) is 0 Å². The molecule has 0 spiro atoms. The zero-order valence-electron chi connectivity index (χ0n) is 12.6. The molecule has 134 valence electrons. The Morgan fingerprint density at radius 3 is 2.16 bits per heavy atom. The Hall–Kier alpha value is -2.63. The Kier molecular flexibility index (Phi) is 5.30. The number of benzene rings is 2. The standard InChI is InChI=1S/C14H14N2O7S2/c17-14(18)12-8-11(16-24(19,20)9-25(21,22)23)6-7-13(12)15-10-4-2-1-3-5-10/h1-8,15-16H,9H2,(H,17,18)(H,21,22,23). The van der Waals surface area contributed by atoms with Crippen LogP contribution in [-0.2, 0) is 20.1 Å². The number of carbonyl (C=O) groups is 1. The van der Waals surface area contributed by atoms with Crippen LogP contribution in [0.25, 0.3) is 0 Å². The van der Waals surface area contributed by atoms with E-state index in [9.17, 15) is 26.7 Å². The predicted octanol–water partition coefficient (Wildman–Crippen LogP) is 1.72. The first-order chi connectivity index (χ1) is 11.6. The minimum absolute atomic E-state index is 0.153. The van der Waals surface area contributed by atoms with Gasteiger partial charge in [-0.3, -0.25) is 9.27 Å². The number of hydrogen-bond acceptors (Lipinski definition) is 6. The van der Waals surface area contributed by atoms with Crippen molar-refractivity contribution in [2.24, 2.45) is 0 Å². The number of anilines is 3. The maximum atomic E-state index is 11.7. The van der Waals surface area contributed by atoms with Gasteiger partial charge in [-0.25, -0.2) is 13.2 Å². The van der Waals surface area contributed by atoms with Gasteiger partial charge < -0.3 is 10.4 Å². The lowest BCUT2D eigenvalue weighted by molar-refractivity contribution is 0.0698. The van der Waals surface area contributed by atoms with E-state index < -0.39 is 31.2 Å². The van der Waals surface area contributed by atoms with Crippen LogP contribution in [0.1, 0.15) is 10.4 Å². The van der Waals surface area contributed by atoms with Gasteiger partial charge in [0.15, 0.2) is 5.08 Å². The van der Waals surface area contributed by atoms with Gasteiger partial charge in [0.1, 0.15) is 0 Å². The summed E-state index contributed by atoms with van der Waals surface area (Å²) in [6, 6.07) is 12.4. The van der Waals surface area contributed by atoms with Crippen LogP contribution in [0.2, 0.25) is 0 Å². The minimum atomic E-state index is -4.76. The topological polar surface area (TPSA) is 150 Å². The lowest BCUT2D eigenvalue weighted by Crippen LogP contribution is -2.22. The normalized spacial score (nSPS) is 11.7. The van der Waals surface area contributed by atoms with Crippen molar-refractivity contribution < 1.29 is 31.3 Å². The average Bonchev–Trinajstić information content (AvgIpc) is 2.46. The number of carboxylic acids is 1. The first-order valence-corrected chi connectivity index (χ1v) is 9.97. The Labute approximate surface area is 144 Å². The molecule has 2 aromatic carbocycles. The largest absolute Gasteiger partial charge is 0.478 e. The lowest BCUT2D eigenvalue weighted by atomic mass is 10.1. The molecule has 0 heterocycles. The average molecular weight is 386 g/mol. The third-order valence-electron chi connectivity index (χ3n) is 2.88. The number of hydrogen-bond donors (Lipinski definition) is 4. The van der Waals surface area contributed by atoms with Crippen LogP contribution >= 0.6 is 0 Å². The van der Waals surface area contributed by atoms with Crippen LogP contribution < -0.4 is 10.0 Å². The quantitative estimate of drug-likeness (QED) is 0.525. The summed E-state index contributed by atoms with van der Waals surface area (Å²) in [7, 11) is -9.16. The molecule has 0 saturated carbocycles. The van der Waals surface area contributed by atoms with Crippen molar-refractivity contribution in [3.05, 3.63) is 54.1 Å². The number of sulfonamides is 1. The highest BCUT2D eigenvalue weighted by atomic mass is 32.3. The van der Waals surface area contributed by atoms with Crippen LogP contribution in [0.15, 0.2) is 48.5 Å². The van der Waals surface area contributed by atoms with Crippen LogP contribution in [0.4, 0.5) is 17.1 Å². The second-order valence-corrected chi connectivity index (χ2v) is 8.51. The van der Waals surface area contributed by atoms with Crippen molar-refractivity contribution in [2.45, 2.75) is 0 Å². The van der Waals surface area contributed by atoms with Gasteiger partial charge in [0.2, 0.25) is 10.0 Å². The second kappa shape index (κ2) is 7.09. The van der Waals surface area contributed by atoms with Gasteiger partial charge in [-0.05, 0) is 30.3 Å². The van der Waals surface area contributed by atoms with Crippen molar-refractivity contribution in [3.63, 3.8) is 0 Å². The summed E-state index contributed by atoms with van der Waals surface area (Å²) in [5.41, 5.74) is 0.469. The number of nitrogens with one attached hydrogen (secondary N) is 2. The van der Waals surface area contributed by atoms with E-state index in [0.717, 1.165) is 6.07 Å². The summed E-state index contributed by atoms with van der Waals surface area (Å²) >= 11 is 0. The molecule has 0 unspecified atom stereocenters. The molecule has 9 nitrogen and oxygen atoms in total. The number of rotatable bonds is 7. The highest BCUT2D eigenvalue weighted by Crippen LogP contribution is 2.25. The summed E-state index contributed by atoms with van der Waals surface area (Å²) in [5, 5.41) is 10.7. The summed E-state index contributed by atoms with van der Waals surface area (Å²) in [4.78, 5) is 11.4. The van der Waals surface area contributed by atoms with Gasteiger partial charge in [0.25, 0.3) is 10.1 Å². The first-order valence-electron chi connectivity index (χ1n) is 6.71. The van der Waals surface area contributed by atoms with E-state index in [4.69, 9.17) is 4.55 Å². The van der Waals surface area contributed by atoms with Crippen LogP contribution in [0, 0.1) is 0 Å². The molecule has 0 radical (unpaired) electrons. The summed E-state index contributed by atoms with van der Waals surface area (Å²) in [6.45, 7) is 0. The highest BCUT2D eigenvalue weighted by molar-refractivity contribution is 8.06. The molecule has 0 saturated heterocycles. The maximum Gasteiger partial charge on any atom is 0.337 e. The van der Waals surface area contributed by atoms with Gasteiger partial charge in [-0.1, -0.05) is 18.2 Å². The Balaban J connectivity index is 2.31. The first kappa shape index (κ1) is 18.7. The zero-order chi connectivity index (χ0) is 18.7.